The number of anilines is 1. The molecule has 0 bridgehead atoms. The smallest absolute Gasteiger partial charge is 0.124 e. The molecule has 0 radical (unpaired) electrons. The molecule has 0 heterocycles. The van der Waals surface area contributed by atoms with Gasteiger partial charge in [-0.25, -0.2) is 4.39 Å². The first-order valence-corrected chi connectivity index (χ1v) is 6.44. The van der Waals surface area contributed by atoms with E-state index in [1.165, 1.54) is 18.2 Å². The van der Waals surface area contributed by atoms with Gasteiger partial charge in [-0.1, -0.05) is 6.92 Å². The summed E-state index contributed by atoms with van der Waals surface area (Å²) in [6.07, 6.45) is 0. The van der Waals surface area contributed by atoms with Crippen LogP contribution >= 0.6 is 0 Å². The van der Waals surface area contributed by atoms with Gasteiger partial charge >= 0.3 is 0 Å². The third kappa shape index (κ3) is 3.63. The zero-order valence-electron chi connectivity index (χ0n) is 9.00. The largest absolute Gasteiger partial charge is 0.383 e. The monoisotopic (exact) mass is 240 g/mol. The van der Waals surface area contributed by atoms with Crippen molar-refractivity contribution in [3.63, 3.8) is 0 Å². The van der Waals surface area contributed by atoms with Crippen molar-refractivity contribution in [2.45, 2.75) is 6.92 Å². The van der Waals surface area contributed by atoms with Crippen molar-refractivity contribution in [2.75, 3.05) is 23.4 Å². The number of nitrogens with one attached hydrogen (secondary N) is 1. The Hall–Kier alpha value is -1.41. The van der Waals surface area contributed by atoms with Crippen molar-refractivity contribution in [2.24, 2.45) is 0 Å². The molecule has 16 heavy (non-hydrogen) atoms. The van der Waals surface area contributed by atoms with Gasteiger partial charge in [0, 0.05) is 28.9 Å². The maximum absolute atomic E-state index is 12.8. The van der Waals surface area contributed by atoms with Gasteiger partial charge in [-0.3, -0.25) is 4.21 Å². The fourth-order valence-corrected chi connectivity index (χ4v) is 1.83. The minimum Gasteiger partial charge on any atom is -0.383 e. The van der Waals surface area contributed by atoms with E-state index in [1.54, 1.807) is 0 Å². The summed E-state index contributed by atoms with van der Waals surface area (Å²) in [6.45, 7) is 2.37. The molecule has 0 aliphatic carbocycles. The molecular weight excluding hydrogens is 227 g/mol. The van der Waals surface area contributed by atoms with Gasteiger partial charge < -0.3 is 5.32 Å². The number of hydrogen-bond acceptors (Lipinski definition) is 3. The lowest BCUT2D eigenvalue weighted by Crippen LogP contribution is -2.12. The van der Waals surface area contributed by atoms with Crippen LogP contribution < -0.4 is 5.32 Å². The first-order chi connectivity index (χ1) is 7.67. The number of rotatable bonds is 5. The predicted molar refractivity (Wildman–Crippen MR) is 63.2 cm³/mol. The lowest BCUT2D eigenvalue weighted by Gasteiger charge is -2.07. The van der Waals surface area contributed by atoms with Crippen molar-refractivity contribution >= 4 is 16.5 Å². The third-order valence-electron chi connectivity index (χ3n) is 2.07. The summed E-state index contributed by atoms with van der Waals surface area (Å²) >= 11 is 0. The lowest BCUT2D eigenvalue weighted by atomic mass is 10.2. The lowest BCUT2D eigenvalue weighted by molar-refractivity contribution is 0.627. The van der Waals surface area contributed by atoms with Gasteiger partial charge in [0.05, 0.1) is 11.3 Å². The Kier molecular flexibility index (Phi) is 4.93. The van der Waals surface area contributed by atoms with E-state index in [9.17, 15) is 8.60 Å². The van der Waals surface area contributed by atoms with Crippen LogP contribution in [0.15, 0.2) is 18.2 Å². The Labute approximate surface area is 96.7 Å². The molecule has 0 fully saturated rings. The first kappa shape index (κ1) is 12.7. The van der Waals surface area contributed by atoms with Gasteiger partial charge in [0.25, 0.3) is 0 Å². The third-order valence-corrected chi connectivity index (χ3v) is 3.37. The summed E-state index contributed by atoms with van der Waals surface area (Å²) in [6, 6.07) is 5.90. The fraction of sp³-hybridized carbons (Fsp3) is 0.364. The molecule has 1 N–H and O–H groups in total. The average molecular weight is 240 g/mol. The van der Waals surface area contributed by atoms with E-state index in [1.807, 2.05) is 13.0 Å². The van der Waals surface area contributed by atoms with Crippen molar-refractivity contribution in [1.29, 1.82) is 5.26 Å². The zero-order valence-corrected chi connectivity index (χ0v) is 9.81. The van der Waals surface area contributed by atoms with E-state index in [0.29, 0.717) is 23.7 Å². The van der Waals surface area contributed by atoms with E-state index >= 15 is 0 Å². The van der Waals surface area contributed by atoms with Crippen LogP contribution in [0.1, 0.15) is 12.5 Å². The molecule has 0 aliphatic rings. The molecule has 0 amide bonds. The van der Waals surface area contributed by atoms with E-state index in [-0.39, 0.29) is 5.56 Å². The second kappa shape index (κ2) is 6.23. The molecule has 1 aromatic carbocycles. The minimum atomic E-state index is -0.833. The number of benzene rings is 1. The van der Waals surface area contributed by atoms with Gasteiger partial charge in [0.1, 0.15) is 11.9 Å². The Morgan fingerprint density at radius 3 is 2.94 bits per heavy atom. The van der Waals surface area contributed by atoms with Gasteiger partial charge in [0.2, 0.25) is 0 Å². The summed E-state index contributed by atoms with van der Waals surface area (Å²) in [5.41, 5.74) is 0.847. The van der Waals surface area contributed by atoms with Crippen LogP contribution in [0.25, 0.3) is 0 Å². The summed E-state index contributed by atoms with van der Waals surface area (Å²) in [5, 5.41) is 11.8. The van der Waals surface area contributed by atoms with Crippen LogP contribution in [0.4, 0.5) is 10.1 Å². The summed E-state index contributed by atoms with van der Waals surface area (Å²) in [7, 11) is -0.833. The number of hydrogen-bond donors (Lipinski definition) is 1. The predicted octanol–water partition coefficient (Wildman–Crippen LogP) is 1.88. The Bertz CT molecular complexity index is 428. The molecule has 0 aromatic heterocycles. The standard InChI is InChI=1S/C11H13FN2OS/c1-2-16(15)6-5-14-11-4-3-10(12)7-9(11)8-13/h3-4,7,14H,2,5-6H2,1H3. The van der Waals surface area contributed by atoms with Gasteiger partial charge in [-0.05, 0) is 18.2 Å². The summed E-state index contributed by atoms with van der Waals surface area (Å²) < 4.78 is 24.0. The minimum absolute atomic E-state index is 0.266. The molecular formula is C11H13FN2OS. The van der Waals surface area contributed by atoms with Crippen LogP contribution in [0.5, 0.6) is 0 Å². The Morgan fingerprint density at radius 2 is 2.31 bits per heavy atom. The highest BCUT2D eigenvalue weighted by atomic mass is 32.2. The van der Waals surface area contributed by atoms with Crippen LogP contribution in [-0.4, -0.2) is 22.3 Å². The summed E-state index contributed by atoms with van der Waals surface area (Å²) in [4.78, 5) is 0. The van der Waals surface area contributed by atoms with Gasteiger partial charge in [0.15, 0.2) is 0 Å². The highest BCUT2D eigenvalue weighted by Gasteiger charge is 2.03. The fourth-order valence-electron chi connectivity index (χ4n) is 1.21. The van der Waals surface area contributed by atoms with E-state index in [4.69, 9.17) is 5.26 Å². The first-order valence-electron chi connectivity index (χ1n) is 4.96. The molecule has 1 atom stereocenters. The highest BCUT2D eigenvalue weighted by Crippen LogP contribution is 2.15. The maximum atomic E-state index is 12.8. The van der Waals surface area contributed by atoms with E-state index in [2.05, 4.69) is 5.32 Å². The molecule has 1 aromatic rings. The molecule has 86 valence electrons. The SMILES string of the molecule is CCS(=O)CCNc1ccc(F)cc1C#N. The highest BCUT2D eigenvalue weighted by molar-refractivity contribution is 7.84. The summed E-state index contributed by atoms with van der Waals surface area (Å²) in [5.74, 6) is 0.717. The topological polar surface area (TPSA) is 52.9 Å². The number of nitriles is 1. The molecule has 3 nitrogen and oxygen atoms in total. The molecule has 1 rings (SSSR count). The molecule has 5 heteroatoms. The maximum Gasteiger partial charge on any atom is 0.124 e. The second-order valence-corrected chi connectivity index (χ2v) is 5.03. The Balaban J connectivity index is 2.61. The van der Waals surface area contributed by atoms with Gasteiger partial charge in [-0.15, -0.1) is 0 Å². The van der Waals surface area contributed by atoms with E-state index in [0.717, 1.165) is 0 Å². The molecule has 1 unspecified atom stereocenters. The van der Waals surface area contributed by atoms with Crippen molar-refractivity contribution in [3.05, 3.63) is 29.6 Å². The second-order valence-electron chi connectivity index (χ2n) is 3.16. The van der Waals surface area contributed by atoms with Crippen LogP contribution in [0.3, 0.4) is 0 Å². The van der Waals surface area contributed by atoms with Crippen molar-refractivity contribution in [1.82, 2.24) is 0 Å². The Morgan fingerprint density at radius 1 is 1.56 bits per heavy atom. The normalized spacial score (nSPS) is 11.8. The molecule has 0 aliphatic heterocycles. The van der Waals surface area contributed by atoms with Crippen molar-refractivity contribution in [3.8, 4) is 6.07 Å². The van der Waals surface area contributed by atoms with E-state index < -0.39 is 16.6 Å². The molecule has 0 saturated heterocycles. The molecule has 0 saturated carbocycles. The number of nitrogens with zero attached hydrogens (tertiary/aromatic N) is 1. The van der Waals surface area contributed by atoms with Crippen LogP contribution in [0.2, 0.25) is 0 Å². The van der Waals surface area contributed by atoms with Crippen LogP contribution in [0, 0.1) is 17.1 Å². The van der Waals surface area contributed by atoms with Gasteiger partial charge in [-0.2, -0.15) is 5.26 Å². The average Bonchev–Trinajstić information content (AvgIpc) is 2.30. The zero-order chi connectivity index (χ0) is 12.0. The number of halogens is 1. The quantitative estimate of drug-likeness (QED) is 0.855. The van der Waals surface area contributed by atoms with Crippen molar-refractivity contribution < 1.29 is 8.60 Å². The van der Waals surface area contributed by atoms with Crippen LogP contribution in [-0.2, 0) is 10.8 Å². The molecule has 0 spiro atoms.